The molecule has 134 valence electrons. The third-order valence-corrected chi connectivity index (χ3v) is 6.81. The van der Waals surface area contributed by atoms with E-state index in [9.17, 15) is 4.79 Å². The fourth-order valence-corrected chi connectivity index (χ4v) is 5.34. The molecular weight excluding hydrogens is 336 g/mol. The highest BCUT2D eigenvalue weighted by Gasteiger charge is 2.28. The van der Waals surface area contributed by atoms with E-state index in [1.165, 1.54) is 23.3 Å². The fraction of sp³-hybridized carbons (Fsp3) is 0.632. The van der Waals surface area contributed by atoms with Crippen molar-refractivity contribution in [2.75, 3.05) is 0 Å². The van der Waals surface area contributed by atoms with Crippen LogP contribution in [-0.4, -0.2) is 27.1 Å². The van der Waals surface area contributed by atoms with Crippen molar-refractivity contribution in [3.05, 3.63) is 16.8 Å². The molecule has 0 radical (unpaired) electrons. The molecule has 0 bridgehead atoms. The van der Waals surface area contributed by atoms with E-state index in [1.807, 2.05) is 0 Å². The maximum absolute atomic E-state index is 11.1. The van der Waals surface area contributed by atoms with Gasteiger partial charge < -0.3 is 9.84 Å². The normalized spacial score (nSPS) is 26.4. The van der Waals surface area contributed by atoms with Gasteiger partial charge in [-0.2, -0.15) is 0 Å². The van der Waals surface area contributed by atoms with Gasteiger partial charge in [0.2, 0.25) is 5.88 Å². The SMILES string of the molecule is CC1CCC(Oc2ncnc3sc4c(c23)CC(CC(=O)O)CC4)CC1. The minimum Gasteiger partial charge on any atom is -0.481 e. The maximum atomic E-state index is 11.1. The Bertz CT molecular complexity index is 780. The number of thiophene rings is 1. The van der Waals surface area contributed by atoms with Gasteiger partial charge in [-0.25, -0.2) is 9.97 Å². The highest BCUT2D eigenvalue weighted by atomic mass is 32.1. The molecule has 2 aromatic rings. The van der Waals surface area contributed by atoms with Crippen molar-refractivity contribution in [1.29, 1.82) is 0 Å². The van der Waals surface area contributed by atoms with Crippen LogP contribution in [0.2, 0.25) is 0 Å². The predicted octanol–water partition coefficient (Wildman–Crippen LogP) is 4.23. The number of carboxylic acid groups (broad SMARTS) is 1. The van der Waals surface area contributed by atoms with Gasteiger partial charge in [-0.05, 0) is 62.3 Å². The average molecular weight is 360 g/mol. The van der Waals surface area contributed by atoms with E-state index < -0.39 is 5.97 Å². The van der Waals surface area contributed by atoms with Gasteiger partial charge in [-0.15, -0.1) is 11.3 Å². The van der Waals surface area contributed by atoms with E-state index in [1.54, 1.807) is 17.7 Å². The quantitative estimate of drug-likeness (QED) is 0.883. The molecule has 2 aliphatic rings. The molecule has 0 spiro atoms. The summed E-state index contributed by atoms with van der Waals surface area (Å²) in [5, 5.41) is 10.2. The van der Waals surface area contributed by atoms with Crippen LogP contribution in [0.5, 0.6) is 5.88 Å². The number of hydrogen-bond donors (Lipinski definition) is 1. The summed E-state index contributed by atoms with van der Waals surface area (Å²) in [6.45, 7) is 2.30. The maximum Gasteiger partial charge on any atom is 0.303 e. The molecule has 4 rings (SSSR count). The van der Waals surface area contributed by atoms with Crippen molar-refractivity contribution in [3.63, 3.8) is 0 Å². The number of nitrogens with zero attached hydrogens (tertiary/aromatic N) is 2. The first-order valence-corrected chi connectivity index (χ1v) is 10.1. The van der Waals surface area contributed by atoms with Crippen LogP contribution in [0, 0.1) is 11.8 Å². The lowest BCUT2D eigenvalue weighted by Gasteiger charge is -2.27. The van der Waals surface area contributed by atoms with Crippen LogP contribution in [0.25, 0.3) is 10.2 Å². The highest BCUT2D eigenvalue weighted by Crippen LogP contribution is 2.42. The number of ether oxygens (including phenoxy) is 1. The topological polar surface area (TPSA) is 72.3 Å². The molecule has 25 heavy (non-hydrogen) atoms. The van der Waals surface area contributed by atoms with Crippen LogP contribution < -0.4 is 4.74 Å². The molecule has 1 atom stereocenters. The molecule has 1 saturated carbocycles. The van der Waals surface area contributed by atoms with Gasteiger partial charge in [-0.3, -0.25) is 4.79 Å². The van der Waals surface area contributed by atoms with Crippen LogP contribution in [0.3, 0.4) is 0 Å². The second-order valence-corrected chi connectivity index (χ2v) is 8.65. The molecule has 1 N–H and O–H groups in total. The molecule has 2 aromatic heterocycles. The van der Waals surface area contributed by atoms with E-state index in [4.69, 9.17) is 9.84 Å². The summed E-state index contributed by atoms with van der Waals surface area (Å²) in [5.74, 6) is 0.984. The van der Waals surface area contributed by atoms with E-state index in [-0.39, 0.29) is 18.4 Å². The lowest BCUT2D eigenvalue weighted by Crippen LogP contribution is -2.23. The molecule has 1 fully saturated rings. The number of aromatic nitrogens is 2. The minimum atomic E-state index is -0.711. The Labute approximate surface area is 151 Å². The first-order chi connectivity index (χ1) is 12.1. The fourth-order valence-electron chi connectivity index (χ4n) is 4.17. The minimum absolute atomic E-state index is 0.200. The van der Waals surface area contributed by atoms with Gasteiger partial charge in [0.25, 0.3) is 0 Å². The van der Waals surface area contributed by atoms with E-state index in [0.29, 0.717) is 5.88 Å². The number of fused-ring (bicyclic) bond motifs is 3. The molecule has 0 saturated heterocycles. The third kappa shape index (κ3) is 3.50. The van der Waals surface area contributed by atoms with Crippen LogP contribution in [0.1, 0.15) is 55.9 Å². The summed E-state index contributed by atoms with van der Waals surface area (Å²) in [6.07, 6.45) is 9.34. The van der Waals surface area contributed by atoms with Crippen LogP contribution >= 0.6 is 11.3 Å². The standard InChI is InChI=1S/C19H24N2O3S/c1-11-2-5-13(6-3-11)24-18-17-14-8-12(9-16(22)23)4-7-15(14)25-19(17)21-10-20-18/h10-13H,2-9H2,1H3,(H,22,23). The first-order valence-electron chi connectivity index (χ1n) is 9.24. The zero-order valence-corrected chi connectivity index (χ0v) is 15.3. The smallest absolute Gasteiger partial charge is 0.303 e. The second-order valence-electron chi connectivity index (χ2n) is 7.57. The molecule has 5 nitrogen and oxygen atoms in total. The summed E-state index contributed by atoms with van der Waals surface area (Å²) < 4.78 is 6.30. The summed E-state index contributed by atoms with van der Waals surface area (Å²) in [5.41, 5.74) is 1.23. The van der Waals surface area contributed by atoms with Gasteiger partial charge in [0.15, 0.2) is 0 Å². The van der Waals surface area contributed by atoms with Gasteiger partial charge in [-0.1, -0.05) is 6.92 Å². The average Bonchev–Trinajstić information content (AvgIpc) is 2.95. The molecule has 2 aliphatic carbocycles. The number of aryl methyl sites for hydroxylation is 1. The monoisotopic (exact) mass is 360 g/mol. The van der Waals surface area contributed by atoms with E-state index in [2.05, 4.69) is 16.9 Å². The van der Waals surface area contributed by atoms with Crippen molar-refractivity contribution in [2.24, 2.45) is 11.8 Å². The summed E-state index contributed by atoms with van der Waals surface area (Å²) in [7, 11) is 0. The van der Waals surface area contributed by atoms with Crippen LogP contribution in [0.4, 0.5) is 0 Å². The number of rotatable bonds is 4. The van der Waals surface area contributed by atoms with Crippen molar-refractivity contribution < 1.29 is 14.6 Å². The second kappa shape index (κ2) is 6.90. The molecule has 0 aliphatic heterocycles. The van der Waals surface area contributed by atoms with Gasteiger partial charge in [0.1, 0.15) is 17.3 Å². The molecule has 0 amide bonds. The largest absolute Gasteiger partial charge is 0.481 e. The number of aliphatic carboxylic acids is 1. The Morgan fingerprint density at radius 1 is 1.28 bits per heavy atom. The third-order valence-electron chi connectivity index (χ3n) is 5.61. The zero-order chi connectivity index (χ0) is 17.4. The Morgan fingerprint density at radius 3 is 2.84 bits per heavy atom. The Kier molecular flexibility index (Phi) is 4.63. The highest BCUT2D eigenvalue weighted by molar-refractivity contribution is 7.18. The molecule has 0 aromatic carbocycles. The Hall–Kier alpha value is -1.69. The summed E-state index contributed by atoms with van der Waals surface area (Å²) >= 11 is 1.72. The first kappa shape index (κ1) is 16.8. The summed E-state index contributed by atoms with van der Waals surface area (Å²) in [4.78, 5) is 22.3. The molecule has 6 heteroatoms. The number of carboxylic acids is 1. The Morgan fingerprint density at radius 2 is 2.08 bits per heavy atom. The zero-order valence-electron chi connectivity index (χ0n) is 14.5. The van der Waals surface area contributed by atoms with E-state index >= 15 is 0 Å². The van der Waals surface area contributed by atoms with E-state index in [0.717, 1.165) is 48.2 Å². The van der Waals surface area contributed by atoms with Gasteiger partial charge >= 0.3 is 5.97 Å². The lowest BCUT2D eigenvalue weighted by molar-refractivity contribution is -0.138. The van der Waals surface area contributed by atoms with Gasteiger partial charge in [0.05, 0.1) is 5.39 Å². The van der Waals surface area contributed by atoms with Crippen molar-refractivity contribution in [2.45, 2.75) is 64.4 Å². The number of carbonyl (C=O) groups is 1. The predicted molar refractivity (Wildman–Crippen MR) is 97.2 cm³/mol. The molecular formula is C19H24N2O3S. The molecule has 2 heterocycles. The molecule has 1 unspecified atom stereocenters. The van der Waals surface area contributed by atoms with Crippen molar-refractivity contribution >= 4 is 27.5 Å². The van der Waals surface area contributed by atoms with Crippen molar-refractivity contribution in [1.82, 2.24) is 9.97 Å². The number of hydrogen-bond acceptors (Lipinski definition) is 5. The Balaban J connectivity index is 1.62. The van der Waals surface area contributed by atoms with Crippen LogP contribution in [-0.2, 0) is 17.6 Å². The van der Waals surface area contributed by atoms with Crippen molar-refractivity contribution in [3.8, 4) is 5.88 Å². The van der Waals surface area contributed by atoms with Gasteiger partial charge in [0, 0.05) is 11.3 Å². The van der Waals surface area contributed by atoms with Crippen LogP contribution in [0.15, 0.2) is 6.33 Å². The summed E-state index contributed by atoms with van der Waals surface area (Å²) in [6, 6.07) is 0. The lowest BCUT2D eigenvalue weighted by atomic mass is 9.85.